The third-order valence-electron chi connectivity index (χ3n) is 4.31. The molecule has 1 aliphatic rings. The topological polar surface area (TPSA) is 80.5 Å². The monoisotopic (exact) mass is 337 g/mol. The molecule has 3 rings (SSSR count). The molecule has 3 heterocycles. The number of sulfone groups is 1. The molecule has 0 bridgehead atoms. The van der Waals surface area contributed by atoms with Crippen LogP contribution in [-0.2, 0) is 15.3 Å². The SMILES string of the molecule is CC1CCN(c2ccc3nnc(C(C)(C)C)n3n2)CCS1(=O)=O. The standard InChI is InChI=1S/C15H23N5O2S/c1-11-7-8-19(9-10-23(11,21)22)13-6-5-12-16-17-14(15(2,3)4)20(12)18-13/h5-6,11H,7-10H2,1-4H3. The molecule has 0 aliphatic carbocycles. The fraction of sp³-hybridized carbons (Fsp3) is 0.667. The molecular weight excluding hydrogens is 314 g/mol. The third kappa shape index (κ3) is 3.04. The van der Waals surface area contributed by atoms with Crippen molar-refractivity contribution in [2.24, 2.45) is 0 Å². The molecule has 0 saturated carbocycles. The first kappa shape index (κ1) is 16.2. The maximum absolute atomic E-state index is 12.1. The molecular formula is C15H23N5O2S. The van der Waals surface area contributed by atoms with Gasteiger partial charge >= 0.3 is 0 Å². The van der Waals surface area contributed by atoms with Gasteiger partial charge in [-0.1, -0.05) is 20.8 Å². The maximum Gasteiger partial charge on any atom is 0.178 e. The summed E-state index contributed by atoms with van der Waals surface area (Å²) in [5.41, 5.74) is 0.538. The zero-order valence-corrected chi connectivity index (χ0v) is 14.8. The smallest absolute Gasteiger partial charge is 0.178 e. The summed E-state index contributed by atoms with van der Waals surface area (Å²) >= 11 is 0. The van der Waals surface area contributed by atoms with E-state index in [1.165, 1.54) is 0 Å². The summed E-state index contributed by atoms with van der Waals surface area (Å²) in [6.07, 6.45) is 0.621. The van der Waals surface area contributed by atoms with Crippen LogP contribution in [0.4, 0.5) is 5.82 Å². The van der Waals surface area contributed by atoms with Crippen LogP contribution >= 0.6 is 0 Å². The summed E-state index contributed by atoms with van der Waals surface area (Å²) in [5.74, 6) is 1.74. The average molecular weight is 337 g/mol. The Balaban J connectivity index is 1.97. The Kier molecular flexibility index (Phi) is 3.82. The summed E-state index contributed by atoms with van der Waals surface area (Å²) in [6.45, 7) is 9.14. The predicted molar refractivity (Wildman–Crippen MR) is 89.6 cm³/mol. The van der Waals surface area contributed by atoms with E-state index in [0.29, 0.717) is 25.2 Å². The minimum Gasteiger partial charge on any atom is -0.354 e. The minimum atomic E-state index is -3.00. The summed E-state index contributed by atoms with van der Waals surface area (Å²) in [4.78, 5) is 2.03. The lowest BCUT2D eigenvalue weighted by Gasteiger charge is -2.21. The van der Waals surface area contributed by atoms with Gasteiger partial charge in [-0.25, -0.2) is 8.42 Å². The van der Waals surface area contributed by atoms with E-state index >= 15 is 0 Å². The van der Waals surface area contributed by atoms with Gasteiger partial charge in [0.2, 0.25) is 0 Å². The Morgan fingerprint density at radius 2 is 1.91 bits per heavy atom. The molecule has 2 aromatic heterocycles. The molecule has 1 unspecified atom stereocenters. The zero-order chi connectivity index (χ0) is 16.8. The average Bonchev–Trinajstić information content (AvgIpc) is 2.84. The largest absolute Gasteiger partial charge is 0.354 e. The number of aromatic nitrogens is 4. The lowest BCUT2D eigenvalue weighted by molar-refractivity contribution is 0.526. The van der Waals surface area contributed by atoms with Crippen LogP contribution in [-0.4, -0.2) is 52.3 Å². The van der Waals surface area contributed by atoms with Crippen molar-refractivity contribution in [2.45, 2.75) is 44.8 Å². The first-order valence-corrected chi connectivity index (χ1v) is 9.59. The van der Waals surface area contributed by atoms with E-state index in [0.717, 1.165) is 11.6 Å². The second-order valence-corrected chi connectivity index (χ2v) is 9.73. The predicted octanol–water partition coefficient (Wildman–Crippen LogP) is 1.44. The number of hydrogen-bond donors (Lipinski definition) is 0. The minimum absolute atomic E-state index is 0.165. The number of fused-ring (bicyclic) bond motifs is 1. The summed E-state index contributed by atoms with van der Waals surface area (Å²) in [5, 5.41) is 12.8. The van der Waals surface area contributed by atoms with E-state index in [4.69, 9.17) is 0 Å². The van der Waals surface area contributed by atoms with Gasteiger partial charge in [0.25, 0.3) is 0 Å². The van der Waals surface area contributed by atoms with Crippen LogP contribution in [0.25, 0.3) is 5.65 Å². The van der Waals surface area contributed by atoms with E-state index in [-0.39, 0.29) is 16.4 Å². The fourth-order valence-corrected chi connectivity index (χ4v) is 4.05. The van der Waals surface area contributed by atoms with Crippen LogP contribution < -0.4 is 4.90 Å². The molecule has 126 valence electrons. The Labute approximate surface area is 136 Å². The molecule has 1 atom stereocenters. The van der Waals surface area contributed by atoms with E-state index in [1.54, 1.807) is 11.4 Å². The second kappa shape index (κ2) is 5.43. The molecule has 23 heavy (non-hydrogen) atoms. The molecule has 0 aromatic carbocycles. The Hall–Kier alpha value is -1.70. The highest BCUT2D eigenvalue weighted by Gasteiger charge is 2.27. The van der Waals surface area contributed by atoms with Gasteiger partial charge in [0, 0.05) is 18.5 Å². The van der Waals surface area contributed by atoms with Crippen LogP contribution in [0.3, 0.4) is 0 Å². The summed E-state index contributed by atoms with van der Waals surface area (Å²) < 4.78 is 25.9. The molecule has 8 heteroatoms. The van der Waals surface area contributed by atoms with Crippen molar-refractivity contribution in [3.8, 4) is 0 Å². The van der Waals surface area contributed by atoms with Gasteiger partial charge in [-0.2, -0.15) is 4.52 Å². The van der Waals surface area contributed by atoms with Crippen LogP contribution in [0.2, 0.25) is 0 Å². The van der Waals surface area contributed by atoms with Crippen LogP contribution in [0.5, 0.6) is 0 Å². The Bertz CT molecular complexity index is 822. The lowest BCUT2D eigenvalue weighted by Crippen LogP contribution is -2.28. The fourth-order valence-electron chi connectivity index (χ4n) is 2.71. The zero-order valence-electron chi connectivity index (χ0n) is 14.0. The highest BCUT2D eigenvalue weighted by atomic mass is 32.2. The number of anilines is 1. The van der Waals surface area contributed by atoms with Crippen molar-refractivity contribution in [1.29, 1.82) is 0 Å². The number of rotatable bonds is 1. The van der Waals surface area contributed by atoms with Crippen molar-refractivity contribution in [3.05, 3.63) is 18.0 Å². The van der Waals surface area contributed by atoms with Gasteiger partial charge in [-0.3, -0.25) is 0 Å². The highest BCUT2D eigenvalue weighted by molar-refractivity contribution is 7.92. The molecule has 1 saturated heterocycles. The van der Waals surface area contributed by atoms with Crippen molar-refractivity contribution in [1.82, 2.24) is 19.8 Å². The first-order chi connectivity index (χ1) is 10.7. The molecule has 7 nitrogen and oxygen atoms in total. The van der Waals surface area contributed by atoms with Crippen LogP contribution in [0.15, 0.2) is 12.1 Å². The number of nitrogens with zero attached hydrogens (tertiary/aromatic N) is 5. The van der Waals surface area contributed by atoms with E-state index < -0.39 is 9.84 Å². The Morgan fingerprint density at radius 1 is 1.17 bits per heavy atom. The first-order valence-electron chi connectivity index (χ1n) is 7.88. The van der Waals surface area contributed by atoms with Crippen molar-refractivity contribution in [3.63, 3.8) is 0 Å². The normalized spacial score (nSPS) is 22.3. The van der Waals surface area contributed by atoms with Gasteiger partial charge in [0.05, 0.1) is 11.0 Å². The van der Waals surface area contributed by atoms with E-state index in [1.807, 2.05) is 17.0 Å². The van der Waals surface area contributed by atoms with Gasteiger partial charge < -0.3 is 4.90 Å². The van der Waals surface area contributed by atoms with Crippen LogP contribution in [0.1, 0.15) is 39.9 Å². The van der Waals surface area contributed by atoms with E-state index in [9.17, 15) is 8.42 Å². The molecule has 2 aromatic rings. The molecule has 1 aliphatic heterocycles. The van der Waals surface area contributed by atoms with Gasteiger partial charge in [-0.05, 0) is 25.5 Å². The number of hydrogen-bond acceptors (Lipinski definition) is 6. The second-order valence-electron chi connectivity index (χ2n) is 7.19. The van der Waals surface area contributed by atoms with Gasteiger partial charge in [-0.15, -0.1) is 15.3 Å². The molecule has 0 N–H and O–H groups in total. The van der Waals surface area contributed by atoms with Crippen LogP contribution in [0, 0.1) is 0 Å². The molecule has 0 amide bonds. The highest BCUT2D eigenvalue weighted by Crippen LogP contribution is 2.23. The summed E-state index contributed by atoms with van der Waals surface area (Å²) in [7, 11) is -3.00. The van der Waals surface area contributed by atoms with Gasteiger partial charge in [0.1, 0.15) is 5.82 Å². The maximum atomic E-state index is 12.1. The van der Waals surface area contributed by atoms with Gasteiger partial charge in [0.15, 0.2) is 21.3 Å². The van der Waals surface area contributed by atoms with E-state index in [2.05, 4.69) is 36.1 Å². The molecule has 0 radical (unpaired) electrons. The third-order valence-corrected chi connectivity index (χ3v) is 6.52. The summed E-state index contributed by atoms with van der Waals surface area (Å²) in [6, 6.07) is 3.77. The molecule has 0 spiro atoms. The Morgan fingerprint density at radius 3 is 2.61 bits per heavy atom. The quantitative estimate of drug-likeness (QED) is 0.783. The van der Waals surface area contributed by atoms with Crippen molar-refractivity contribution in [2.75, 3.05) is 23.7 Å². The van der Waals surface area contributed by atoms with Crippen molar-refractivity contribution >= 4 is 21.3 Å². The molecule has 1 fully saturated rings. The lowest BCUT2D eigenvalue weighted by atomic mass is 9.96. The van der Waals surface area contributed by atoms with Crippen molar-refractivity contribution < 1.29 is 8.42 Å².